The molecule has 0 unspecified atom stereocenters. The van der Waals surface area contributed by atoms with E-state index in [1.165, 1.54) is 39.0 Å². The van der Waals surface area contributed by atoms with Gasteiger partial charge in [-0.25, -0.2) is 0 Å². The van der Waals surface area contributed by atoms with E-state index in [1.54, 1.807) is 0 Å². The maximum atomic E-state index is 2.35. The third-order valence-electron chi connectivity index (χ3n) is 5.01. The molecular weight excluding hydrogens is 326 g/mol. The van der Waals surface area contributed by atoms with E-state index < -0.39 is 0 Å². The van der Waals surface area contributed by atoms with Crippen LogP contribution in [-0.4, -0.2) is 4.57 Å². The van der Waals surface area contributed by atoms with Gasteiger partial charge in [0.1, 0.15) is 0 Å². The fourth-order valence-electron chi connectivity index (χ4n) is 3.69. The highest BCUT2D eigenvalue weighted by Gasteiger charge is 2.12. The third-order valence-corrected chi connectivity index (χ3v) is 5.01. The van der Waals surface area contributed by atoms with Gasteiger partial charge >= 0.3 is 0 Å². The van der Waals surface area contributed by atoms with E-state index in [9.17, 15) is 0 Å². The summed E-state index contributed by atoms with van der Waals surface area (Å²) in [6, 6.07) is 40.8. The van der Waals surface area contributed by atoms with E-state index in [-0.39, 0.29) is 0 Å². The minimum absolute atomic E-state index is 1.18. The highest BCUT2D eigenvalue weighted by molar-refractivity contribution is 5.89. The molecule has 0 aliphatic rings. The number of rotatable bonds is 3. The van der Waals surface area contributed by atoms with Gasteiger partial charge in [0, 0.05) is 11.1 Å². The van der Waals surface area contributed by atoms with E-state index in [1.807, 2.05) is 0 Å². The Balaban J connectivity index is 1.68. The molecule has 1 heterocycles. The maximum absolute atomic E-state index is 2.35. The van der Waals surface area contributed by atoms with E-state index in [4.69, 9.17) is 0 Å². The summed E-state index contributed by atoms with van der Waals surface area (Å²) < 4.78 is 2.35. The molecule has 1 nitrogen and oxygen atoms in total. The van der Waals surface area contributed by atoms with Crippen LogP contribution in [0.3, 0.4) is 0 Å². The van der Waals surface area contributed by atoms with Crippen LogP contribution in [0.5, 0.6) is 0 Å². The third kappa shape index (κ3) is 2.84. The Kier molecular flexibility index (Phi) is 3.84. The smallest absolute Gasteiger partial charge is 0.0540 e. The quantitative estimate of drug-likeness (QED) is 0.333. The van der Waals surface area contributed by atoms with Crippen LogP contribution in [-0.2, 0) is 0 Å². The summed E-state index contributed by atoms with van der Waals surface area (Å²) in [6.07, 6.45) is 0. The van der Waals surface area contributed by atoms with Crippen LogP contribution in [0.1, 0.15) is 0 Å². The highest BCUT2D eigenvalue weighted by atomic mass is 15.0. The molecule has 0 atom stereocenters. The van der Waals surface area contributed by atoms with Crippen molar-refractivity contribution in [3.63, 3.8) is 0 Å². The molecule has 5 rings (SSSR count). The lowest BCUT2D eigenvalue weighted by Gasteiger charge is -2.12. The lowest BCUT2D eigenvalue weighted by atomic mass is 10.1. The Morgan fingerprint density at radius 1 is 0.444 bits per heavy atom. The van der Waals surface area contributed by atoms with Crippen molar-refractivity contribution < 1.29 is 0 Å². The summed E-state index contributed by atoms with van der Waals surface area (Å²) in [5.74, 6) is 0. The molecule has 0 aliphatic heterocycles. The number of hydrogen-bond donors (Lipinski definition) is 0. The molecule has 0 amide bonds. The van der Waals surface area contributed by atoms with Crippen molar-refractivity contribution in [3.8, 4) is 28.1 Å². The van der Waals surface area contributed by atoms with E-state index >= 15 is 0 Å². The molecule has 0 fully saturated rings. The monoisotopic (exact) mass is 345 g/mol. The van der Waals surface area contributed by atoms with Gasteiger partial charge in [-0.15, -0.1) is 0 Å². The molecule has 0 aliphatic carbocycles. The first-order chi connectivity index (χ1) is 13.4. The van der Waals surface area contributed by atoms with Gasteiger partial charge in [0.25, 0.3) is 0 Å². The molecule has 0 spiro atoms. The molecule has 4 aromatic carbocycles. The molecule has 0 saturated carbocycles. The largest absolute Gasteiger partial charge is 0.309 e. The van der Waals surface area contributed by atoms with Gasteiger partial charge in [-0.2, -0.15) is 0 Å². The van der Waals surface area contributed by atoms with Crippen LogP contribution in [0.25, 0.3) is 39.0 Å². The predicted octanol–water partition coefficient (Wildman–Crippen LogP) is 6.96. The first kappa shape index (κ1) is 15.7. The predicted molar refractivity (Wildman–Crippen MR) is 114 cm³/mol. The van der Waals surface area contributed by atoms with E-state index in [2.05, 4.69) is 120 Å². The van der Waals surface area contributed by atoms with Gasteiger partial charge in [-0.1, -0.05) is 91.0 Å². The standard InChI is InChI=1S/C26H19N/c1-3-9-20(10-4-1)21-15-17-24(18-16-21)27-25-14-8-7-13-23(25)19-26(27)22-11-5-2-6-12-22/h1-19H. The van der Waals surface area contributed by atoms with Crippen LogP contribution < -0.4 is 0 Å². The molecule has 0 bridgehead atoms. The highest BCUT2D eigenvalue weighted by Crippen LogP contribution is 2.32. The topological polar surface area (TPSA) is 4.93 Å². The molecule has 1 aromatic heterocycles. The molecule has 27 heavy (non-hydrogen) atoms. The molecule has 1 heteroatoms. The van der Waals surface area contributed by atoms with Crippen LogP contribution in [0.15, 0.2) is 115 Å². The Hall–Kier alpha value is -3.58. The lowest BCUT2D eigenvalue weighted by molar-refractivity contribution is 1.13. The second-order valence-corrected chi connectivity index (χ2v) is 6.70. The normalized spacial score (nSPS) is 11.0. The number of benzene rings is 4. The fourth-order valence-corrected chi connectivity index (χ4v) is 3.69. The van der Waals surface area contributed by atoms with Crippen molar-refractivity contribution in [2.24, 2.45) is 0 Å². The van der Waals surface area contributed by atoms with Crippen molar-refractivity contribution >= 4 is 10.9 Å². The van der Waals surface area contributed by atoms with Crippen molar-refractivity contribution in [1.82, 2.24) is 4.57 Å². The van der Waals surface area contributed by atoms with E-state index in [0.29, 0.717) is 0 Å². The Labute approximate surface area is 159 Å². The van der Waals surface area contributed by atoms with Crippen molar-refractivity contribution in [2.75, 3.05) is 0 Å². The number of aromatic nitrogens is 1. The van der Waals surface area contributed by atoms with Gasteiger partial charge in [0.05, 0.1) is 11.2 Å². The zero-order valence-electron chi connectivity index (χ0n) is 14.9. The number of nitrogens with zero attached hydrogens (tertiary/aromatic N) is 1. The van der Waals surface area contributed by atoms with Crippen molar-refractivity contribution in [2.45, 2.75) is 0 Å². The van der Waals surface area contributed by atoms with Crippen LogP contribution >= 0.6 is 0 Å². The first-order valence-electron chi connectivity index (χ1n) is 9.22. The van der Waals surface area contributed by atoms with Gasteiger partial charge in [-0.05, 0) is 41.0 Å². The maximum Gasteiger partial charge on any atom is 0.0540 e. The average molecular weight is 345 g/mol. The summed E-state index contributed by atoms with van der Waals surface area (Å²) in [7, 11) is 0. The fraction of sp³-hybridized carbons (Fsp3) is 0. The molecule has 0 N–H and O–H groups in total. The van der Waals surface area contributed by atoms with Crippen LogP contribution in [0.4, 0.5) is 0 Å². The summed E-state index contributed by atoms with van der Waals surface area (Å²) in [6.45, 7) is 0. The van der Waals surface area contributed by atoms with Crippen LogP contribution in [0.2, 0.25) is 0 Å². The zero-order chi connectivity index (χ0) is 18.1. The van der Waals surface area contributed by atoms with Gasteiger partial charge in [0.15, 0.2) is 0 Å². The number of para-hydroxylation sites is 1. The number of hydrogen-bond acceptors (Lipinski definition) is 0. The summed E-state index contributed by atoms with van der Waals surface area (Å²) in [5.41, 5.74) is 7.31. The molecule has 0 saturated heterocycles. The second-order valence-electron chi connectivity index (χ2n) is 6.70. The van der Waals surface area contributed by atoms with E-state index in [0.717, 1.165) is 0 Å². The molecule has 0 radical (unpaired) electrons. The summed E-state index contributed by atoms with van der Waals surface area (Å²) in [5, 5.41) is 1.25. The second kappa shape index (κ2) is 6.62. The summed E-state index contributed by atoms with van der Waals surface area (Å²) >= 11 is 0. The lowest BCUT2D eigenvalue weighted by Crippen LogP contribution is -1.96. The van der Waals surface area contributed by atoms with Crippen molar-refractivity contribution in [1.29, 1.82) is 0 Å². The van der Waals surface area contributed by atoms with Gasteiger partial charge in [0.2, 0.25) is 0 Å². The first-order valence-corrected chi connectivity index (χ1v) is 9.22. The number of fused-ring (bicyclic) bond motifs is 1. The molecule has 5 aromatic rings. The Morgan fingerprint density at radius 2 is 1.00 bits per heavy atom. The Morgan fingerprint density at radius 3 is 1.70 bits per heavy atom. The average Bonchev–Trinajstić information content (AvgIpc) is 3.15. The molecular formula is C26H19N. The SMILES string of the molecule is c1ccc(-c2ccc(-n3c(-c4ccccc4)cc4ccccc43)cc2)cc1. The molecule has 128 valence electrons. The van der Waals surface area contributed by atoms with Crippen molar-refractivity contribution in [3.05, 3.63) is 115 Å². The summed E-state index contributed by atoms with van der Waals surface area (Å²) in [4.78, 5) is 0. The van der Waals surface area contributed by atoms with Crippen LogP contribution in [0, 0.1) is 0 Å². The minimum Gasteiger partial charge on any atom is -0.309 e. The Bertz CT molecular complexity index is 1180. The van der Waals surface area contributed by atoms with Gasteiger partial charge < -0.3 is 4.57 Å². The van der Waals surface area contributed by atoms with Gasteiger partial charge in [-0.3, -0.25) is 0 Å². The zero-order valence-corrected chi connectivity index (χ0v) is 14.9. The minimum atomic E-state index is 1.18.